The second kappa shape index (κ2) is 5.83. The van der Waals surface area contributed by atoms with Crippen LogP contribution in [-0.4, -0.2) is 9.97 Å². The predicted molar refractivity (Wildman–Crippen MR) is 81.4 cm³/mol. The van der Waals surface area contributed by atoms with Gasteiger partial charge in [-0.05, 0) is 35.4 Å². The lowest BCUT2D eigenvalue weighted by atomic mass is 9.92. The van der Waals surface area contributed by atoms with E-state index in [1.54, 1.807) is 18.5 Å². The molecule has 0 fully saturated rings. The summed E-state index contributed by atoms with van der Waals surface area (Å²) in [6.07, 6.45) is 3.47. The van der Waals surface area contributed by atoms with Crippen molar-refractivity contribution in [3.63, 3.8) is 0 Å². The first kappa shape index (κ1) is 13.4. The molecule has 1 atom stereocenters. The van der Waals surface area contributed by atoms with Gasteiger partial charge >= 0.3 is 0 Å². The van der Waals surface area contributed by atoms with E-state index < -0.39 is 0 Å². The molecule has 0 saturated carbocycles. The highest BCUT2D eigenvalue weighted by Gasteiger charge is 2.10. The number of nitrogens with zero attached hydrogens (tertiary/aromatic N) is 2. The Morgan fingerprint density at radius 1 is 0.857 bits per heavy atom. The maximum Gasteiger partial charge on any atom is 0.159 e. The minimum Gasteiger partial charge on any atom is -0.237 e. The van der Waals surface area contributed by atoms with Gasteiger partial charge in [0.2, 0.25) is 0 Å². The van der Waals surface area contributed by atoms with Crippen LogP contribution in [0.25, 0.3) is 11.4 Å². The molecule has 0 radical (unpaired) electrons. The van der Waals surface area contributed by atoms with Gasteiger partial charge in [-0.2, -0.15) is 0 Å². The Balaban J connectivity index is 1.94. The molecule has 21 heavy (non-hydrogen) atoms. The smallest absolute Gasteiger partial charge is 0.159 e. The number of halogens is 1. The normalized spacial score (nSPS) is 12.1. The molecule has 104 valence electrons. The zero-order valence-corrected chi connectivity index (χ0v) is 11.7. The van der Waals surface area contributed by atoms with Crippen LogP contribution >= 0.6 is 0 Å². The van der Waals surface area contributed by atoms with Crippen LogP contribution in [0.3, 0.4) is 0 Å². The Kier molecular flexibility index (Phi) is 3.73. The SMILES string of the molecule is C[C@@H](c1ccc(F)cc1)c1cccc(-c2ncccn2)c1. The van der Waals surface area contributed by atoms with Gasteiger partial charge in [0, 0.05) is 23.9 Å². The number of hydrogen-bond donors (Lipinski definition) is 0. The van der Waals surface area contributed by atoms with Crippen molar-refractivity contribution in [1.29, 1.82) is 0 Å². The first-order chi connectivity index (χ1) is 10.2. The van der Waals surface area contributed by atoms with Crippen molar-refractivity contribution < 1.29 is 4.39 Å². The fraction of sp³-hybridized carbons (Fsp3) is 0.111. The van der Waals surface area contributed by atoms with E-state index in [1.807, 2.05) is 24.3 Å². The zero-order chi connectivity index (χ0) is 14.7. The number of rotatable bonds is 3. The molecule has 0 N–H and O–H groups in total. The van der Waals surface area contributed by atoms with Crippen molar-refractivity contribution in [1.82, 2.24) is 9.97 Å². The van der Waals surface area contributed by atoms with Crippen molar-refractivity contribution in [3.05, 3.63) is 83.9 Å². The van der Waals surface area contributed by atoms with Crippen LogP contribution in [-0.2, 0) is 0 Å². The summed E-state index contributed by atoms with van der Waals surface area (Å²) in [5, 5.41) is 0. The highest BCUT2D eigenvalue weighted by atomic mass is 19.1. The molecule has 2 nitrogen and oxygen atoms in total. The molecule has 3 rings (SSSR count). The van der Waals surface area contributed by atoms with Crippen LogP contribution in [0, 0.1) is 5.82 Å². The van der Waals surface area contributed by atoms with Gasteiger partial charge < -0.3 is 0 Å². The van der Waals surface area contributed by atoms with Crippen LogP contribution in [0.5, 0.6) is 0 Å². The Morgan fingerprint density at radius 2 is 1.57 bits per heavy atom. The molecule has 0 unspecified atom stereocenters. The maximum absolute atomic E-state index is 13.0. The van der Waals surface area contributed by atoms with Crippen LogP contribution in [0.4, 0.5) is 4.39 Å². The van der Waals surface area contributed by atoms with Gasteiger partial charge in [-0.15, -0.1) is 0 Å². The van der Waals surface area contributed by atoms with Crippen molar-refractivity contribution >= 4 is 0 Å². The molecule has 0 spiro atoms. The summed E-state index contributed by atoms with van der Waals surface area (Å²) in [4.78, 5) is 8.55. The van der Waals surface area contributed by atoms with Crippen LogP contribution in [0.1, 0.15) is 24.0 Å². The Hall–Kier alpha value is -2.55. The summed E-state index contributed by atoms with van der Waals surface area (Å²) in [5.74, 6) is 0.692. The monoisotopic (exact) mass is 278 g/mol. The molecule has 0 saturated heterocycles. The van der Waals surface area contributed by atoms with E-state index in [9.17, 15) is 4.39 Å². The third kappa shape index (κ3) is 2.97. The molecule has 3 heteroatoms. The number of aromatic nitrogens is 2. The Bertz CT molecular complexity index is 724. The van der Waals surface area contributed by atoms with Gasteiger partial charge in [-0.25, -0.2) is 14.4 Å². The fourth-order valence-corrected chi connectivity index (χ4v) is 2.34. The van der Waals surface area contributed by atoms with Crippen LogP contribution in [0.2, 0.25) is 0 Å². The number of hydrogen-bond acceptors (Lipinski definition) is 2. The van der Waals surface area contributed by atoms with Gasteiger partial charge in [0.15, 0.2) is 5.82 Å². The molecule has 0 aliphatic heterocycles. The van der Waals surface area contributed by atoms with E-state index in [-0.39, 0.29) is 11.7 Å². The number of benzene rings is 2. The maximum atomic E-state index is 13.0. The molecule has 3 aromatic rings. The molecule has 0 aliphatic carbocycles. The van der Waals surface area contributed by atoms with E-state index in [4.69, 9.17) is 0 Å². The van der Waals surface area contributed by atoms with E-state index in [0.717, 1.165) is 16.7 Å². The predicted octanol–water partition coefficient (Wildman–Crippen LogP) is 4.43. The topological polar surface area (TPSA) is 25.8 Å². The lowest BCUT2D eigenvalue weighted by Crippen LogP contribution is -1.97. The van der Waals surface area contributed by atoms with Gasteiger partial charge in [0.25, 0.3) is 0 Å². The zero-order valence-electron chi connectivity index (χ0n) is 11.7. The second-order valence-electron chi connectivity index (χ2n) is 4.97. The highest BCUT2D eigenvalue weighted by molar-refractivity contribution is 5.56. The molecular weight excluding hydrogens is 263 g/mol. The summed E-state index contributed by atoms with van der Waals surface area (Å²) >= 11 is 0. The largest absolute Gasteiger partial charge is 0.237 e. The Morgan fingerprint density at radius 3 is 2.29 bits per heavy atom. The standard InChI is InChI=1S/C18H15FN2/c1-13(14-6-8-17(19)9-7-14)15-4-2-5-16(12-15)18-20-10-3-11-21-18/h2-13H,1H3/t13-/m0/s1. The fourth-order valence-electron chi connectivity index (χ4n) is 2.34. The van der Waals surface area contributed by atoms with Crippen LogP contribution < -0.4 is 0 Å². The molecule has 1 aromatic heterocycles. The first-order valence-corrected chi connectivity index (χ1v) is 6.87. The quantitative estimate of drug-likeness (QED) is 0.708. The third-order valence-corrected chi connectivity index (χ3v) is 3.58. The Labute approximate surface area is 123 Å². The average molecular weight is 278 g/mol. The lowest BCUT2D eigenvalue weighted by molar-refractivity contribution is 0.626. The minimum atomic E-state index is -0.211. The van der Waals surface area contributed by atoms with Gasteiger partial charge in [0.1, 0.15) is 5.82 Å². The second-order valence-corrected chi connectivity index (χ2v) is 4.97. The third-order valence-electron chi connectivity index (χ3n) is 3.58. The molecule has 2 aromatic carbocycles. The summed E-state index contributed by atoms with van der Waals surface area (Å²) in [7, 11) is 0. The van der Waals surface area contributed by atoms with Gasteiger partial charge in [-0.3, -0.25) is 0 Å². The summed E-state index contributed by atoms with van der Waals surface area (Å²) in [5.41, 5.74) is 3.23. The highest BCUT2D eigenvalue weighted by Crippen LogP contribution is 2.27. The van der Waals surface area contributed by atoms with E-state index in [2.05, 4.69) is 29.0 Å². The average Bonchev–Trinajstić information content (AvgIpc) is 2.56. The van der Waals surface area contributed by atoms with E-state index in [0.29, 0.717) is 5.82 Å². The van der Waals surface area contributed by atoms with Gasteiger partial charge in [-0.1, -0.05) is 37.3 Å². The molecule has 0 amide bonds. The van der Waals surface area contributed by atoms with Crippen molar-refractivity contribution in [3.8, 4) is 11.4 Å². The van der Waals surface area contributed by atoms with E-state index >= 15 is 0 Å². The minimum absolute atomic E-state index is 0.189. The van der Waals surface area contributed by atoms with Crippen molar-refractivity contribution in [2.24, 2.45) is 0 Å². The lowest BCUT2D eigenvalue weighted by Gasteiger charge is -2.13. The van der Waals surface area contributed by atoms with Crippen LogP contribution in [0.15, 0.2) is 67.0 Å². The summed E-state index contributed by atoms with van der Waals surface area (Å²) < 4.78 is 13.0. The van der Waals surface area contributed by atoms with E-state index in [1.165, 1.54) is 12.1 Å². The van der Waals surface area contributed by atoms with Crippen molar-refractivity contribution in [2.45, 2.75) is 12.8 Å². The first-order valence-electron chi connectivity index (χ1n) is 6.87. The van der Waals surface area contributed by atoms with Gasteiger partial charge in [0.05, 0.1) is 0 Å². The summed E-state index contributed by atoms with van der Waals surface area (Å²) in [6, 6.07) is 16.6. The van der Waals surface area contributed by atoms with Crippen molar-refractivity contribution in [2.75, 3.05) is 0 Å². The molecular formula is C18H15FN2. The molecule has 1 heterocycles. The molecule has 0 bridgehead atoms. The summed E-state index contributed by atoms with van der Waals surface area (Å²) in [6.45, 7) is 2.11. The molecule has 0 aliphatic rings.